The van der Waals surface area contributed by atoms with Gasteiger partial charge in [0.2, 0.25) is 5.88 Å². The van der Waals surface area contributed by atoms with Crippen LogP contribution in [0.3, 0.4) is 0 Å². The Hall–Kier alpha value is -1.88. The molecule has 1 aromatic heterocycles. The van der Waals surface area contributed by atoms with Gasteiger partial charge in [0.1, 0.15) is 0 Å². The molecule has 2 aromatic rings. The van der Waals surface area contributed by atoms with Crippen molar-refractivity contribution in [2.24, 2.45) is 0 Å². The van der Waals surface area contributed by atoms with Crippen LogP contribution in [0.1, 0.15) is 25.7 Å². The minimum absolute atomic E-state index is 0.213. The average molecular weight is 309 g/mol. The van der Waals surface area contributed by atoms with E-state index in [4.69, 9.17) is 31.3 Å². The number of hydrogen-bond acceptors (Lipinski definition) is 5. The Morgan fingerprint density at radius 2 is 2.10 bits per heavy atom. The largest absolute Gasteiger partial charge is 0.491 e. The summed E-state index contributed by atoms with van der Waals surface area (Å²) in [4.78, 5) is 0. The maximum Gasteiger partial charge on any atom is 0.229 e. The van der Waals surface area contributed by atoms with Crippen LogP contribution in [0.4, 0.5) is 5.88 Å². The molecule has 21 heavy (non-hydrogen) atoms. The van der Waals surface area contributed by atoms with Crippen molar-refractivity contribution in [2.45, 2.75) is 31.8 Å². The summed E-state index contributed by atoms with van der Waals surface area (Å²) in [6.45, 7) is 0. The van der Waals surface area contributed by atoms with E-state index in [1.807, 2.05) is 6.07 Å². The van der Waals surface area contributed by atoms with E-state index >= 15 is 0 Å². The monoisotopic (exact) mass is 308 g/mol. The molecule has 0 spiro atoms. The first-order chi connectivity index (χ1) is 10.2. The second kappa shape index (κ2) is 5.85. The molecule has 5 nitrogen and oxygen atoms in total. The van der Waals surface area contributed by atoms with E-state index in [0.29, 0.717) is 22.1 Å². The highest BCUT2D eigenvalue weighted by molar-refractivity contribution is 6.32. The fraction of sp³-hybridized carbons (Fsp3) is 0.400. The van der Waals surface area contributed by atoms with Gasteiger partial charge >= 0.3 is 0 Å². The Morgan fingerprint density at radius 3 is 2.71 bits per heavy atom. The molecule has 0 aliphatic heterocycles. The molecule has 1 aromatic carbocycles. The van der Waals surface area contributed by atoms with Crippen molar-refractivity contribution in [3.8, 4) is 22.6 Å². The van der Waals surface area contributed by atoms with Gasteiger partial charge in [-0.1, -0.05) is 16.8 Å². The van der Waals surface area contributed by atoms with Gasteiger partial charge in [-0.15, -0.1) is 0 Å². The molecule has 2 N–H and O–H groups in total. The van der Waals surface area contributed by atoms with Crippen LogP contribution in [0.15, 0.2) is 22.9 Å². The van der Waals surface area contributed by atoms with Crippen molar-refractivity contribution in [3.05, 3.63) is 23.4 Å². The number of halogens is 1. The third-order valence-corrected chi connectivity index (χ3v) is 4.00. The minimum Gasteiger partial charge on any atom is -0.491 e. The predicted molar refractivity (Wildman–Crippen MR) is 80.8 cm³/mol. The quantitative estimate of drug-likeness (QED) is 0.927. The van der Waals surface area contributed by atoms with Gasteiger partial charge in [0.25, 0.3) is 0 Å². The lowest BCUT2D eigenvalue weighted by molar-refractivity contribution is 0.201. The highest BCUT2D eigenvalue weighted by Crippen LogP contribution is 2.42. The van der Waals surface area contributed by atoms with Crippen molar-refractivity contribution in [1.29, 1.82) is 0 Å². The molecule has 3 rings (SSSR count). The second-order valence-electron chi connectivity index (χ2n) is 5.12. The number of nitrogen functional groups attached to an aromatic ring is 1. The molecule has 0 unspecified atom stereocenters. The maximum absolute atomic E-state index is 6.29. The molecule has 0 radical (unpaired) electrons. The number of nitrogens with two attached hydrogens (primary N) is 1. The SMILES string of the molecule is COc1c(Cl)cc(-c2cnoc2N)cc1OC1CCCC1. The normalized spacial score (nSPS) is 15.3. The molecule has 1 saturated carbocycles. The standard InChI is InChI=1S/C15H17ClN2O3/c1-19-14-12(16)6-9(11-8-18-21-15(11)17)7-13(14)20-10-4-2-3-5-10/h6-8,10H,2-5,17H2,1H3. The highest BCUT2D eigenvalue weighted by Gasteiger charge is 2.21. The smallest absolute Gasteiger partial charge is 0.229 e. The number of benzene rings is 1. The summed E-state index contributed by atoms with van der Waals surface area (Å²) in [6.07, 6.45) is 6.27. The summed E-state index contributed by atoms with van der Waals surface area (Å²) in [5, 5.41) is 4.16. The minimum atomic E-state index is 0.213. The Morgan fingerprint density at radius 1 is 1.33 bits per heavy atom. The zero-order chi connectivity index (χ0) is 14.8. The van der Waals surface area contributed by atoms with E-state index < -0.39 is 0 Å². The summed E-state index contributed by atoms with van der Waals surface area (Å²) in [7, 11) is 1.58. The average Bonchev–Trinajstić information content (AvgIpc) is 3.10. The zero-order valence-electron chi connectivity index (χ0n) is 11.8. The molecule has 0 amide bonds. The Kier molecular flexibility index (Phi) is 3.92. The first-order valence-electron chi connectivity index (χ1n) is 6.93. The van der Waals surface area contributed by atoms with Crippen molar-refractivity contribution in [2.75, 3.05) is 12.8 Å². The fourth-order valence-electron chi connectivity index (χ4n) is 2.66. The molecule has 1 aliphatic carbocycles. The molecule has 0 atom stereocenters. The lowest BCUT2D eigenvalue weighted by atomic mass is 10.1. The van der Waals surface area contributed by atoms with Crippen LogP contribution in [-0.4, -0.2) is 18.4 Å². The third kappa shape index (κ3) is 2.78. The van der Waals surface area contributed by atoms with Gasteiger partial charge in [-0.3, -0.25) is 0 Å². The van der Waals surface area contributed by atoms with Crippen LogP contribution in [0.5, 0.6) is 11.5 Å². The van der Waals surface area contributed by atoms with Crippen LogP contribution < -0.4 is 15.2 Å². The first kappa shape index (κ1) is 14.1. The molecule has 1 heterocycles. The predicted octanol–water partition coefficient (Wildman–Crippen LogP) is 3.91. The van der Waals surface area contributed by atoms with E-state index in [-0.39, 0.29) is 12.0 Å². The molecular weight excluding hydrogens is 292 g/mol. The van der Waals surface area contributed by atoms with Crippen molar-refractivity contribution in [3.63, 3.8) is 0 Å². The van der Waals surface area contributed by atoms with E-state index in [1.54, 1.807) is 19.4 Å². The number of aromatic nitrogens is 1. The van der Waals surface area contributed by atoms with Crippen LogP contribution in [0.2, 0.25) is 5.02 Å². The van der Waals surface area contributed by atoms with Crippen LogP contribution >= 0.6 is 11.6 Å². The molecule has 112 valence electrons. The van der Waals surface area contributed by atoms with Gasteiger partial charge in [0.05, 0.1) is 30.0 Å². The summed E-state index contributed by atoms with van der Waals surface area (Å²) < 4.78 is 16.3. The molecular formula is C15H17ClN2O3. The number of rotatable bonds is 4. The topological polar surface area (TPSA) is 70.5 Å². The summed E-state index contributed by atoms with van der Waals surface area (Å²) >= 11 is 6.29. The molecule has 1 fully saturated rings. The Labute approximate surface area is 128 Å². The van der Waals surface area contributed by atoms with Gasteiger partial charge in [-0.25, -0.2) is 0 Å². The Bertz CT molecular complexity index is 636. The maximum atomic E-state index is 6.29. The highest BCUT2D eigenvalue weighted by atomic mass is 35.5. The fourth-order valence-corrected chi connectivity index (χ4v) is 2.95. The van der Waals surface area contributed by atoms with E-state index in [2.05, 4.69) is 5.16 Å². The Balaban J connectivity index is 1.99. The zero-order valence-corrected chi connectivity index (χ0v) is 12.5. The molecule has 0 saturated heterocycles. The number of anilines is 1. The van der Waals surface area contributed by atoms with Crippen molar-refractivity contribution >= 4 is 17.5 Å². The summed E-state index contributed by atoms with van der Waals surface area (Å²) in [5.74, 6) is 1.43. The molecule has 0 bridgehead atoms. The second-order valence-corrected chi connectivity index (χ2v) is 5.52. The van der Waals surface area contributed by atoms with Gasteiger partial charge in [-0.05, 0) is 43.4 Å². The number of ether oxygens (including phenoxy) is 2. The molecule has 1 aliphatic rings. The van der Waals surface area contributed by atoms with Gasteiger partial charge in [-0.2, -0.15) is 0 Å². The van der Waals surface area contributed by atoms with Gasteiger partial charge < -0.3 is 19.7 Å². The van der Waals surface area contributed by atoms with Gasteiger partial charge in [0, 0.05) is 0 Å². The lowest BCUT2D eigenvalue weighted by Crippen LogP contribution is -2.11. The summed E-state index contributed by atoms with van der Waals surface area (Å²) in [6, 6.07) is 3.64. The first-order valence-corrected chi connectivity index (χ1v) is 7.31. The number of methoxy groups -OCH3 is 1. The number of nitrogens with zero attached hydrogens (tertiary/aromatic N) is 1. The third-order valence-electron chi connectivity index (χ3n) is 3.72. The van der Waals surface area contributed by atoms with Gasteiger partial charge in [0.15, 0.2) is 11.5 Å². The van der Waals surface area contributed by atoms with Crippen LogP contribution in [0, 0.1) is 0 Å². The van der Waals surface area contributed by atoms with E-state index in [1.165, 1.54) is 12.8 Å². The summed E-state index contributed by atoms with van der Waals surface area (Å²) in [5.41, 5.74) is 7.25. The van der Waals surface area contributed by atoms with Crippen molar-refractivity contribution < 1.29 is 14.0 Å². The van der Waals surface area contributed by atoms with E-state index in [9.17, 15) is 0 Å². The lowest BCUT2D eigenvalue weighted by Gasteiger charge is -2.17. The molecule has 6 heteroatoms. The van der Waals surface area contributed by atoms with Crippen molar-refractivity contribution in [1.82, 2.24) is 5.16 Å². The van der Waals surface area contributed by atoms with E-state index in [0.717, 1.165) is 18.4 Å². The van der Waals surface area contributed by atoms with Crippen LogP contribution in [0.25, 0.3) is 11.1 Å². The van der Waals surface area contributed by atoms with Crippen LogP contribution in [-0.2, 0) is 0 Å². The number of hydrogen-bond donors (Lipinski definition) is 1.